The van der Waals surface area contributed by atoms with Crippen LogP contribution in [-0.4, -0.2) is 116 Å². The fourth-order valence-corrected chi connectivity index (χ4v) is 9.79. The summed E-state index contributed by atoms with van der Waals surface area (Å²) in [4.78, 5) is 82.9. The Kier molecular flexibility index (Phi) is 55.4. The Morgan fingerprint density at radius 1 is 0.327 bits per heavy atom. The molecule has 110 heavy (non-hydrogen) atoms. The molecule has 0 aromatic carbocycles. The van der Waals surface area contributed by atoms with Crippen molar-refractivity contribution >= 4 is 45.7 Å². The van der Waals surface area contributed by atoms with Crippen LogP contribution < -0.4 is 0 Å². The average molecular weight is 1500 g/mol. The summed E-state index contributed by atoms with van der Waals surface area (Å²) < 4.78 is 0. The van der Waals surface area contributed by atoms with Crippen molar-refractivity contribution < 1.29 is 0 Å². The molecule has 12 rings (SSSR count). The summed E-state index contributed by atoms with van der Waals surface area (Å²) in [7, 11) is 0. The molecule has 8 aromatic heterocycles. The van der Waals surface area contributed by atoms with Crippen molar-refractivity contribution in [2.24, 2.45) is 30.2 Å². The average Bonchev–Trinajstić information content (AvgIpc) is 1.77. The van der Waals surface area contributed by atoms with Crippen molar-refractivity contribution in [2.75, 3.05) is 6.54 Å². The van der Waals surface area contributed by atoms with E-state index in [0.717, 1.165) is 247 Å². The van der Waals surface area contributed by atoms with Crippen molar-refractivity contribution in [1.29, 1.82) is 0 Å². The molecule has 0 spiro atoms. The van der Waals surface area contributed by atoms with Crippen LogP contribution >= 0.6 is 0 Å². The van der Waals surface area contributed by atoms with Gasteiger partial charge >= 0.3 is 0 Å². The predicted molar refractivity (Wildman–Crippen MR) is 466 cm³/mol. The predicted octanol–water partition coefficient (Wildman–Crippen LogP) is 22.4. The van der Waals surface area contributed by atoms with Gasteiger partial charge in [0.25, 0.3) is 0 Å². The standard InChI is InChI=1S/C14H17N3.C13H16N4.2C13H17N3.2C12H16N4.6C2H6/c1-3-4-5-14-15-9-8-13(17-14)12-7-6-11(2)16-10-12;1-3-4-5-13-14-7-6-12(17-13)11-8-15-10(2)16-9-11;1-3-4-5-13-14-7-6-12(16-13)11-8-10(2)15-9-11;1-3-4-5-13-14-9-8-12(16-13)11-7-6-10(2)15-11;1-3-4-5-12-13-7-6-10(14-12)11-8-9(2)15-16-11;1-3-4-5-11-13-7-6-10(16-11)12-14-8-9(2)15-12;6*1-2/h6-10H,3-5H2,1-2H3;6-9H,3-5H2,1-2H3;6-7,9H,3-5,8H2,1-2H3;7-9H,3-6H2,1-2H3;2*6-7H,3-5,8H2,1-2H3;6*1-2H3. The third kappa shape index (κ3) is 39.0. The van der Waals surface area contributed by atoms with Gasteiger partial charge in [0.1, 0.15) is 46.5 Å². The Balaban J connectivity index is 0.000000641. The Bertz CT molecular complexity index is 3780. The molecular formula is C89H135N21. The van der Waals surface area contributed by atoms with Crippen LogP contribution in [0.15, 0.2) is 147 Å². The maximum absolute atomic E-state index is 4.57. The minimum atomic E-state index is 0.698. The van der Waals surface area contributed by atoms with Gasteiger partial charge in [-0.2, -0.15) is 10.2 Å². The molecular weight excluding hydrogens is 1360 g/mol. The highest BCUT2D eigenvalue weighted by Crippen LogP contribution is 2.24. The molecule has 596 valence electrons. The van der Waals surface area contributed by atoms with E-state index in [2.05, 4.69) is 153 Å². The summed E-state index contributed by atoms with van der Waals surface area (Å²) in [5.41, 5.74) is 16.2. The molecule has 0 saturated carbocycles. The van der Waals surface area contributed by atoms with Crippen molar-refractivity contribution in [3.8, 4) is 22.5 Å². The van der Waals surface area contributed by atoms with Gasteiger partial charge in [-0.3, -0.25) is 20.0 Å². The summed E-state index contributed by atoms with van der Waals surface area (Å²) >= 11 is 0. The number of hydrogen-bond donors (Lipinski definition) is 0. The monoisotopic (exact) mass is 1500 g/mol. The molecule has 0 radical (unpaired) electrons. The number of aromatic nitrogens is 15. The molecule has 21 nitrogen and oxygen atoms in total. The lowest BCUT2D eigenvalue weighted by atomic mass is 10.1. The van der Waals surface area contributed by atoms with Gasteiger partial charge in [0.05, 0.1) is 46.4 Å². The van der Waals surface area contributed by atoms with E-state index in [4.69, 9.17) is 0 Å². The first-order chi connectivity index (χ1) is 53.8. The van der Waals surface area contributed by atoms with Crippen molar-refractivity contribution in [2.45, 2.75) is 301 Å². The Hall–Kier alpha value is -9.79. The molecule has 4 aliphatic rings. The Morgan fingerprint density at radius 2 is 0.709 bits per heavy atom. The molecule has 0 atom stereocenters. The van der Waals surface area contributed by atoms with Crippen LogP contribution in [0.1, 0.15) is 318 Å². The molecule has 0 fully saturated rings. The van der Waals surface area contributed by atoms with E-state index in [1.807, 2.05) is 210 Å². The number of rotatable bonds is 24. The van der Waals surface area contributed by atoms with Gasteiger partial charge in [0, 0.05) is 165 Å². The highest BCUT2D eigenvalue weighted by atomic mass is 15.2. The highest BCUT2D eigenvalue weighted by molar-refractivity contribution is 6.13. The molecule has 12 heterocycles. The minimum absolute atomic E-state index is 0.698. The van der Waals surface area contributed by atoms with Crippen molar-refractivity contribution in [1.82, 2.24) is 74.8 Å². The second kappa shape index (κ2) is 62.0. The van der Waals surface area contributed by atoms with Crippen molar-refractivity contribution in [3.05, 3.63) is 186 Å². The summed E-state index contributed by atoms with van der Waals surface area (Å²) in [6.45, 7) is 49.6. The summed E-state index contributed by atoms with van der Waals surface area (Å²) in [6.07, 6.45) is 42.6. The van der Waals surface area contributed by atoms with E-state index in [-0.39, 0.29) is 0 Å². The maximum atomic E-state index is 4.57. The first kappa shape index (κ1) is 98.2. The number of aliphatic imine (C=N–C) groups is 4. The normalized spacial score (nSPS) is 12.2. The van der Waals surface area contributed by atoms with E-state index >= 15 is 0 Å². The number of nitrogens with zero attached hydrogens (tertiary/aromatic N) is 21. The van der Waals surface area contributed by atoms with E-state index in [1.165, 1.54) is 24.8 Å². The molecule has 4 aliphatic heterocycles. The number of allylic oxidation sites excluding steroid dienone is 2. The van der Waals surface area contributed by atoms with Crippen LogP contribution in [0.5, 0.6) is 0 Å². The maximum Gasteiger partial charge on any atom is 0.174 e. The van der Waals surface area contributed by atoms with Crippen molar-refractivity contribution in [3.63, 3.8) is 0 Å². The van der Waals surface area contributed by atoms with Crippen LogP contribution in [0.4, 0.5) is 0 Å². The minimum Gasteiger partial charge on any atom is -0.265 e. The van der Waals surface area contributed by atoms with Crippen LogP contribution in [0.3, 0.4) is 0 Å². The number of pyridine rings is 1. The fourth-order valence-electron chi connectivity index (χ4n) is 9.79. The number of unbranched alkanes of at least 4 members (excludes halogenated alkanes) is 6. The number of aryl methyl sites for hydroxylation is 8. The van der Waals surface area contributed by atoms with Gasteiger partial charge in [-0.25, -0.2) is 74.8 Å². The van der Waals surface area contributed by atoms with Crippen LogP contribution in [0.2, 0.25) is 0 Å². The lowest BCUT2D eigenvalue weighted by molar-refractivity contribution is 0.750. The second-order valence-corrected chi connectivity index (χ2v) is 24.4. The number of hydrogen-bond acceptors (Lipinski definition) is 21. The zero-order valence-electron chi connectivity index (χ0n) is 71.9. The summed E-state index contributed by atoms with van der Waals surface area (Å²) in [5.74, 6) is 7.01. The van der Waals surface area contributed by atoms with Crippen LogP contribution in [0, 0.1) is 13.8 Å². The van der Waals surface area contributed by atoms with Gasteiger partial charge in [-0.15, -0.1) is 0 Å². The number of amidine groups is 1. The smallest absolute Gasteiger partial charge is 0.174 e. The third-order valence-electron chi connectivity index (χ3n) is 15.5. The van der Waals surface area contributed by atoms with Crippen LogP contribution in [0.25, 0.3) is 33.8 Å². The fraction of sp³-hybridized carbons (Fsp3) is 0.517. The Morgan fingerprint density at radius 3 is 1.08 bits per heavy atom. The summed E-state index contributed by atoms with van der Waals surface area (Å²) in [5, 5.41) is 8.15. The molecule has 21 heteroatoms. The first-order valence-corrected chi connectivity index (χ1v) is 41.1. The van der Waals surface area contributed by atoms with E-state index in [0.29, 0.717) is 6.54 Å². The zero-order valence-corrected chi connectivity index (χ0v) is 71.9. The highest BCUT2D eigenvalue weighted by Gasteiger charge is 2.16. The third-order valence-corrected chi connectivity index (χ3v) is 15.5. The molecule has 8 aromatic rings. The molecule has 0 saturated heterocycles. The van der Waals surface area contributed by atoms with Crippen LogP contribution in [-0.2, 0) is 38.5 Å². The topological polar surface area (TPSA) is 268 Å². The van der Waals surface area contributed by atoms with E-state index in [1.54, 1.807) is 24.8 Å². The Labute approximate surface area is 663 Å². The second-order valence-electron chi connectivity index (χ2n) is 24.4. The lowest BCUT2D eigenvalue weighted by Crippen LogP contribution is -2.07. The van der Waals surface area contributed by atoms with Gasteiger partial charge in [0.15, 0.2) is 5.84 Å². The van der Waals surface area contributed by atoms with Gasteiger partial charge in [-0.05, 0) is 129 Å². The van der Waals surface area contributed by atoms with E-state index < -0.39 is 0 Å². The van der Waals surface area contributed by atoms with Gasteiger partial charge in [0.2, 0.25) is 0 Å². The molecule has 0 amide bonds. The van der Waals surface area contributed by atoms with E-state index in [9.17, 15) is 0 Å². The molecule has 0 aliphatic carbocycles. The largest absolute Gasteiger partial charge is 0.265 e. The quantitative estimate of drug-likeness (QED) is 0.0544. The SMILES string of the molecule is CC.CC.CC.CC.CC.CC.CCCCc1nccc(-c2ccc(C)nc2)n1.CCCCc1nccc(-c2cnc(C)nc2)n1.CCCCc1nccc(C2=CCC(C)=N2)n1.CCCCc1nccc(C2=CN=C(C)C2)n1.CCCCc1nccc(C2=NCC(C)=N2)n1.CCCCc1nccc(C2=NN=C(C)C2)n1. The molecule has 0 N–H and O–H groups in total. The zero-order chi connectivity index (χ0) is 81.7. The van der Waals surface area contributed by atoms with Gasteiger partial charge in [-0.1, -0.05) is 169 Å². The first-order valence-electron chi connectivity index (χ1n) is 41.1. The molecule has 0 unspecified atom stereocenters. The summed E-state index contributed by atoms with van der Waals surface area (Å²) in [6, 6.07) is 15.6. The van der Waals surface area contributed by atoms with Gasteiger partial charge < -0.3 is 0 Å². The molecule has 0 bridgehead atoms. The lowest BCUT2D eigenvalue weighted by Gasteiger charge is -2.03.